The summed E-state index contributed by atoms with van der Waals surface area (Å²) in [5, 5.41) is 9.62. The normalized spacial score (nSPS) is 10.7. The molecular formula is C22H16FN3O3. The van der Waals surface area contributed by atoms with Gasteiger partial charge in [-0.1, -0.05) is 30.3 Å². The Morgan fingerprint density at radius 2 is 1.72 bits per heavy atom. The number of aromatic amines is 1. The average Bonchev–Trinajstić information content (AvgIpc) is 2.74. The van der Waals surface area contributed by atoms with Crippen molar-refractivity contribution in [2.75, 3.05) is 5.32 Å². The molecule has 0 radical (unpaired) electrons. The van der Waals surface area contributed by atoms with E-state index >= 15 is 0 Å². The Labute approximate surface area is 165 Å². The van der Waals surface area contributed by atoms with Crippen LogP contribution in [0.15, 0.2) is 77.6 Å². The summed E-state index contributed by atoms with van der Waals surface area (Å²) in [5.74, 6) is -0.422. The van der Waals surface area contributed by atoms with Crippen molar-refractivity contribution in [2.24, 2.45) is 0 Å². The van der Waals surface area contributed by atoms with Crippen LogP contribution in [-0.2, 0) is 6.61 Å². The number of nitrogens with zero attached hydrogens (tertiary/aromatic N) is 1. The molecule has 4 rings (SSSR count). The molecule has 0 spiro atoms. The van der Waals surface area contributed by atoms with E-state index in [1.54, 1.807) is 66.7 Å². The lowest BCUT2D eigenvalue weighted by Crippen LogP contribution is -2.24. The van der Waals surface area contributed by atoms with Gasteiger partial charge in [-0.25, -0.2) is 4.39 Å². The van der Waals surface area contributed by atoms with Crippen LogP contribution in [0.3, 0.4) is 0 Å². The maximum atomic E-state index is 13.6. The van der Waals surface area contributed by atoms with Crippen LogP contribution in [0, 0.1) is 5.82 Å². The average molecular weight is 389 g/mol. The molecule has 1 heterocycles. The molecule has 0 atom stereocenters. The molecule has 1 aromatic heterocycles. The summed E-state index contributed by atoms with van der Waals surface area (Å²) >= 11 is 0. The van der Waals surface area contributed by atoms with Gasteiger partial charge in [-0.15, -0.1) is 0 Å². The highest BCUT2D eigenvalue weighted by Gasteiger charge is 2.15. The van der Waals surface area contributed by atoms with Crippen LogP contribution in [0.1, 0.15) is 16.1 Å². The number of fused-ring (bicyclic) bond motifs is 1. The minimum atomic E-state index is -0.614. The number of hydrogen-bond acceptors (Lipinski definition) is 4. The largest absolute Gasteiger partial charge is 0.489 e. The van der Waals surface area contributed by atoms with E-state index in [0.717, 1.165) is 0 Å². The number of benzene rings is 3. The highest BCUT2D eigenvalue weighted by atomic mass is 19.1. The van der Waals surface area contributed by atoms with Gasteiger partial charge in [-0.05, 0) is 42.5 Å². The molecule has 2 N–H and O–H groups in total. The summed E-state index contributed by atoms with van der Waals surface area (Å²) in [4.78, 5) is 24.9. The molecule has 0 fully saturated rings. The molecule has 1 amide bonds. The van der Waals surface area contributed by atoms with E-state index in [1.807, 2.05) is 0 Å². The van der Waals surface area contributed by atoms with Gasteiger partial charge in [-0.3, -0.25) is 14.7 Å². The predicted molar refractivity (Wildman–Crippen MR) is 107 cm³/mol. The van der Waals surface area contributed by atoms with Crippen LogP contribution < -0.4 is 15.5 Å². The zero-order chi connectivity index (χ0) is 20.2. The van der Waals surface area contributed by atoms with Crippen LogP contribution >= 0.6 is 0 Å². The molecule has 0 aliphatic carbocycles. The lowest BCUT2D eigenvalue weighted by atomic mass is 10.2. The SMILES string of the molecule is O=C(Nc1ccc(OCc2ccccc2F)cc1)c1n[nH]c2ccccc2c1=O. The molecule has 4 aromatic rings. The van der Waals surface area contributed by atoms with Gasteiger partial charge in [0.1, 0.15) is 18.2 Å². The smallest absolute Gasteiger partial charge is 0.280 e. The second-order valence-electron chi connectivity index (χ2n) is 6.31. The summed E-state index contributed by atoms with van der Waals surface area (Å²) < 4.78 is 19.2. The molecule has 0 bridgehead atoms. The van der Waals surface area contributed by atoms with Crippen molar-refractivity contribution in [1.29, 1.82) is 0 Å². The number of carbonyl (C=O) groups is 1. The van der Waals surface area contributed by atoms with Gasteiger partial charge >= 0.3 is 0 Å². The number of para-hydroxylation sites is 1. The molecule has 7 heteroatoms. The number of anilines is 1. The quantitative estimate of drug-likeness (QED) is 0.542. The van der Waals surface area contributed by atoms with E-state index < -0.39 is 11.3 Å². The van der Waals surface area contributed by atoms with Gasteiger partial charge in [-0.2, -0.15) is 5.10 Å². The van der Waals surface area contributed by atoms with E-state index in [9.17, 15) is 14.0 Å². The van der Waals surface area contributed by atoms with Crippen molar-refractivity contribution in [3.8, 4) is 5.75 Å². The van der Waals surface area contributed by atoms with Gasteiger partial charge in [0.25, 0.3) is 5.91 Å². The minimum Gasteiger partial charge on any atom is -0.489 e. The molecule has 0 saturated heterocycles. The number of nitrogens with one attached hydrogen (secondary N) is 2. The number of carbonyl (C=O) groups excluding carboxylic acids is 1. The highest BCUT2D eigenvalue weighted by molar-refractivity contribution is 6.04. The molecule has 0 saturated carbocycles. The van der Waals surface area contributed by atoms with Crippen molar-refractivity contribution in [3.05, 3.63) is 100 Å². The van der Waals surface area contributed by atoms with Gasteiger partial charge in [0.05, 0.1) is 5.52 Å². The maximum absolute atomic E-state index is 13.6. The molecule has 0 unspecified atom stereocenters. The van der Waals surface area contributed by atoms with E-state index in [-0.39, 0.29) is 18.1 Å². The fourth-order valence-corrected chi connectivity index (χ4v) is 2.83. The summed E-state index contributed by atoms with van der Waals surface area (Å²) in [7, 11) is 0. The lowest BCUT2D eigenvalue weighted by Gasteiger charge is -2.09. The number of ether oxygens (including phenoxy) is 1. The Bertz CT molecular complexity index is 1240. The van der Waals surface area contributed by atoms with Gasteiger partial charge in [0.15, 0.2) is 5.69 Å². The summed E-state index contributed by atoms with van der Waals surface area (Å²) in [5.41, 5.74) is 0.824. The Morgan fingerprint density at radius 1 is 1.00 bits per heavy atom. The number of H-pyrrole nitrogens is 1. The molecule has 3 aromatic carbocycles. The monoisotopic (exact) mass is 389 g/mol. The molecule has 0 aliphatic rings. The van der Waals surface area contributed by atoms with Crippen LogP contribution in [0.25, 0.3) is 10.9 Å². The first-order chi connectivity index (χ1) is 14.1. The minimum absolute atomic E-state index is 0.0920. The first-order valence-electron chi connectivity index (χ1n) is 8.87. The maximum Gasteiger partial charge on any atom is 0.280 e. The number of amides is 1. The van der Waals surface area contributed by atoms with Crippen molar-refractivity contribution in [2.45, 2.75) is 6.61 Å². The third-order valence-corrected chi connectivity index (χ3v) is 4.35. The Hall–Kier alpha value is -4.00. The molecule has 0 aliphatic heterocycles. The highest BCUT2D eigenvalue weighted by Crippen LogP contribution is 2.18. The van der Waals surface area contributed by atoms with Crippen molar-refractivity contribution in [1.82, 2.24) is 10.2 Å². The van der Waals surface area contributed by atoms with E-state index in [2.05, 4.69) is 15.5 Å². The van der Waals surface area contributed by atoms with Gasteiger partial charge in [0.2, 0.25) is 5.43 Å². The Morgan fingerprint density at radius 3 is 2.52 bits per heavy atom. The fourth-order valence-electron chi connectivity index (χ4n) is 2.83. The molecule has 6 nitrogen and oxygen atoms in total. The number of aromatic nitrogens is 2. The Kier molecular flexibility index (Phi) is 5.03. The summed E-state index contributed by atoms with van der Waals surface area (Å²) in [6.45, 7) is 0.0920. The zero-order valence-corrected chi connectivity index (χ0v) is 15.2. The van der Waals surface area contributed by atoms with Crippen molar-refractivity contribution in [3.63, 3.8) is 0 Å². The van der Waals surface area contributed by atoms with Crippen molar-refractivity contribution < 1.29 is 13.9 Å². The van der Waals surface area contributed by atoms with E-state index in [4.69, 9.17) is 4.74 Å². The summed E-state index contributed by atoms with van der Waals surface area (Å²) in [6.07, 6.45) is 0. The number of rotatable bonds is 5. The van der Waals surface area contributed by atoms with Crippen LogP contribution in [0.2, 0.25) is 0 Å². The topological polar surface area (TPSA) is 84.1 Å². The zero-order valence-electron chi connectivity index (χ0n) is 15.2. The number of halogens is 1. The number of hydrogen-bond donors (Lipinski definition) is 2. The Balaban J connectivity index is 1.45. The first kappa shape index (κ1) is 18.4. The lowest BCUT2D eigenvalue weighted by molar-refractivity contribution is 0.102. The van der Waals surface area contributed by atoms with Gasteiger partial charge < -0.3 is 10.1 Å². The molecule has 29 heavy (non-hydrogen) atoms. The van der Waals surface area contributed by atoms with Gasteiger partial charge in [0, 0.05) is 16.6 Å². The standard InChI is InChI=1S/C22H16FN3O3/c23-18-7-3-1-5-14(18)13-29-16-11-9-15(10-12-16)24-22(28)20-21(27)17-6-2-4-8-19(17)25-26-20/h1-12H,13H2,(H,24,28)(H,25,27). The van der Waals surface area contributed by atoms with E-state index in [1.165, 1.54) is 6.07 Å². The molecule has 144 valence electrons. The second kappa shape index (κ2) is 7.93. The third-order valence-electron chi connectivity index (χ3n) is 4.35. The first-order valence-corrected chi connectivity index (χ1v) is 8.87. The predicted octanol–water partition coefficient (Wildman–Crippen LogP) is 3.89. The van der Waals surface area contributed by atoms with Crippen molar-refractivity contribution >= 4 is 22.5 Å². The van der Waals surface area contributed by atoms with E-state index in [0.29, 0.717) is 27.9 Å². The fraction of sp³-hybridized carbons (Fsp3) is 0.0455. The summed E-state index contributed by atoms with van der Waals surface area (Å²) in [6, 6.07) is 19.8. The third kappa shape index (κ3) is 3.98. The second-order valence-corrected chi connectivity index (χ2v) is 6.31. The molecular weight excluding hydrogens is 373 g/mol. The van der Waals surface area contributed by atoms with Crippen LogP contribution in [0.5, 0.6) is 5.75 Å². The van der Waals surface area contributed by atoms with Crippen LogP contribution in [0.4, 0.5) is 10.1 Å². The van der Waals surface area contributed by atoms with Crippen LogP contribution in [-0.4, -0.2) is 16.1 Å².